The van der Waals surface area contributed by atoms with Gasteiger partial charge in [0.05, 0.1) is 5.52 Å². The SMILES string of the molecule is Cn1c(Cl)cc2ccc3c(c21)CCC3. The van der Waals surface area contributed by atoms with Gasteiger partial charge in [-0.25, -0.2) is 0 Å². The highest BCUT2D eigenvalue weighted by atomic mass is 35.5. The lowest BCUT2D eigenvalue weighted by atomic mass is 10.1. The molecular weight excluding hydrogens is 194 g/mol. The Kier molecular flexibility index (Phi) is 1.65. The van der Waals surface area contributed by atoms with Crippen LogP contribution in [0.3, 0.4) is 0 Å². The fourth-order valence-corrected chi connectivity index (χ4v) is 2.71. The minimum absolute atomic E-state index is 0.834. The second-order valence-corrected chi connectivity index (χ2v) is 4.41. The van der Waals surface area contributed by atoms with Crippen LogP contribution in [0.15, 0.2) is 18.2 Å². The van der Waals surface area contributed by atoms with Crippen molar-refractivity contribution >= 4 is 22.5 Å². The van der Waals surface area contributed by atoms with Gasteiger partial charge in [-0.05, 0) is 36.5 Å². The van der Waals surface area contributed by atoms with Gasteiger partial charge in [0.1, 0.15) is 5.15 Å². The van der Waals surface area contributed by atoms with Gasteiger partial charge >= 0.3 is 0 Å². The van der Waals surface area contributed by atoms with Gasteiger partial charge in [0.2, 0.25) is 0 Å². The van der Waals surface area contributed by atoms with Gasteiger partial charge in [0.25, 0.3) is 0 Å². The highest BCUT2D eigenvalue weighted by Crippen LogP contribution is 2.32. The summed E-state index contributed by atoms with van der Waals surface area (Å²) in [6.07, 6.45) is 3.73. The van der Waals surface area contributed by atoms with Crippen molar-refractivity contribution in [1.29, 1.82) is 0 Å². The van der Waals surface area contributed by atoms with Crippen LogP contribution in [0.2, 0.25) is 5.15 Å². The van der Waals surface area contributed by atoms with E-state index >= 15 is 0 Å². The van der Waals surface area contributed by atoms with E-state index in [0.29, 0.717) is 0 Å². The Hall–Kier alpha value is -0.950. The fourth-order valence-electron chi connectivity index (χ4n) is 2.51. The third kappa shape index (κ3) is 0.963. The van der Waals surface area contributed by atoms with Crippen molar-refractivity contribution in [2.45, 2.75) is 19.3 Å². The minimum Gasteiger partial charge on any atom is -0.335 e. The fraction of sp³-hybridized carbons (Fsp3) is 0.333. The van der Waals surface area contributed by atoms with Crippen molar-refractivity contribution in [2.75, 3.05) is 0 Å². The zero-order valence-corrected chi connectivity index (χ0v) is 8.93. The van der Waals surface area contributed by atoms with Crippen molar-refractivity contribution in [3.8, 4) is 0 Å². The summed E-state index contributed by atoms with van der Waals surface area (Å²) >= 11 is 6.12. The summed E-state index contributed by atoms with van der Waals surface area (Å²) in [6, 6.07) is 6.49. The molecule has 0 bridgehead atoms. The average molecular weight is 206 g/mol. The lowest BCUT2D eigenvalue weighted by Gasteiger charge is -2.04. The normalized spacial score (nSPS) is 15.0. The second kappa shape index (κ2) is 2.77. The summed E-state index contributed by atoms with van der Waals surface area (Å²) in [4.78, 5) is 0. The Morgan fingerprint density at radius 3 is 3.00 bits per heavy atom. The van der Waals surface area contributed by atoms with E-state index in [2.05, 4.69) is 22.8 Å². The molecule has 72 valence electrons. The van der Waals surface area contributed by atoms with Crippen molar-refractivity contribution < 1.29 is 0 Å². The van der Waals surface area contributed by atoms with Gasteiger partial charge in [0.15, 0.2) is 0 Å². The van der Waals surface area contributed by atoms with Gasteiger partial charge in [-0.3, -0.25) is 0 Å². The molecule has 1 aromatic heterocycles. The molecule has 0 spiro atoms. The molecule has 0 unspecified atom stereocenters. The van der Waals surface area contributed by atoms with Gasteiger partial charge in [0, 0.05) is 12.4 Å². The van der Waals surface area contributed by atoms with E-state index in [1.165, 1.54) is 41.3 Å². The molecule has 2 aromatic rings. The Morgan fingerprint density at radius 1 is 1.29 bits per heavy atom. The third-order valence-corrected chi connectivity index (χ3v) is 3.58. The molecule has 3 rings (SSSR count). The average Bonchev–Trinajstić information content (AvgIpc) is 2.72. The molecule has 1 aromatic carbocycles. The molecule has 0 atom stereocenters. The van der Waals surface area contributed by atoms with Crippen LogP contribution >= 0.6 is 11.6 Å². The second-order valence-electron chi connectivity index (χ2n) is 4.02. The van der Waals surface area contributed by atoms with Crippen molar-refractivity contribution in [1.82, 2.24) is 4.57 Å². The molecule has 1 heterocycles. The standard InChI is InChI=1S/C12H12ClN/c1-14-11(13)7-9-6-5-8-3-2-4-10(8)12(9)14/h5-7H,2-4H2,1H3. The summed E-state index contributed by atoms with van der Waals surface area (Å²) in [5.74, 6) is 0. The molecule has 0 aliphatic heterocycles. The number of hydrogen-bond donors (Lipinski definition) is 0. The summed E-state index contributed by atoms with van der Waals surface area (Å²) in [6.45, 7) is 0. The first-order valence-electron chi connectivity index (χ1n) is 5.03. The summed E-state index contributed by atoms with van der Waals surface area (Å²) in [5.41, 5.74) is 4.36. The quantitative estimate of drug-likeness (QED) is 0.622. The minimum atomic E-state index is 0.834. The van der Waals surface area contributed by atoms with Crippen LogP contribution in [0.5, 0.6) is 0 Å². The Labute approximate surface area is 88.3 Å². The predicted octanol–water partition coefficient (Wildman–Crippen LogP) is 3.32. The Bertz CT molecular complexity index is 511. The number of benzene rings is 1. The Balaban J connectivity index is 2.47. The molecule has 0 fully saturated rings. The van der Waals surface area contributed by atoms with Crippen LogP contribution in [-0.4, -0.2) is 4.57 Å². The Morgan fingerprint density at radius 2 is 2.14 bits per heavy atom. The molecule has 2 heteroatoms. The number of fused-ring (bicyclic) bond motifs is 3. The molecule has 0 saturated carbocycles. The molecule has 1 nitrogen and oxygen atoms in total. The van der Waals surface area contributed by atoms with E-state index in [-0.39, 0.29) is 0 Å². The zero-order chi connectivity index (χ0) is 9.71. The van der Waals surface area contributed by atoms with Crippen LogP contribution in [0.1, 0.15) is 17.5 Å². The van der Waals surface area contributed by atoms with Crippen LogP contribution in [0, 0.1) is 0 Å². The van der Waals surface area contributed by atoms with Crippen LogP contribution in [-0.2, 0) is 19.9 Å². The number of aryl methyl sites for hydroxylation is 3. The summed E-state index contributed by atoms with van der Waals surface area (Å²) in [7, 11) is 2.04. The molecule has 0 radical (unpaired) electrons. The molecule has 1 aliphatic rings. The molecule has 1 aliphatic carbocycles. The molecule has 0 N–H and O–H groups in total. The maximum atomic E-state index is 6.12. The number of aromatic nitrogens is 1. The topological polar surface area (TPSA) is 4.93 Å². The van der Waals surface area contributed by atoms with Crippen molar-refractivity contribution in [3.05, 3.63) is 34.5 Å². The van der Waals surface area contributed by atoms with Gasteiger partial charge < -0.3 is 4.57 Å². The molecule has 0 saturated heterocycles. The maximum absolute atomic E-state index is 6.12. The predicted molar refractivity (Wildman–Crippen MR) is 60.0 cm³/mol. The maximum Gasteiger partial charge on any atom is 0.109 e. The largest absolute Gasteiger partial charge is 0.335 e. The van der Waals surface area contributed by atoms with Gasteiger partial charge in [-0.15, -0.1) is 0 Å². The molecule has 14 heavy (non-hydrogen) atoms. The summed E-state index contributed by atoms with van der Waals surface area (Å²) in [5, 5.41) is 2.11. The van der Waals surface area contributed by atoms with Gasteiger partial charge in [-0.2, -0.15) is 0 Å². The first-order chi connectivity index (χ1) is 6.77. The van der Waals surface area contributed by atoms with Crippen LogP contribution < -0.4 is 0 Å². The molecular formula is C12H12ClN. The number of hydrogen-bond acceptors (Lipinski definition) is 0. The zero-order valence-electron chi connectivity index (χ0n) is 8.18. The highest BCUT2D eigenvalue weighted by Gasteiger charge is 2.16. The van der Waals surface area contributed by atoms with E-state index in [4.69, 9.17) is 11.6 Å². The first kappa shape index (κ1) is 8.37. The first-order valence-corrected chi connectivity index (χ1v) is 5.41. The summed E-state index contributed by atoms with van der Waals surface area (Å²) < 4.78 is 2.10. The van der Waals surface area contributed by atoms with Gasteiger partial charge in [-0.1, -0.05) is 23.7 Å². The third-order valence-electron chi connectivity index (χ3n) is 3.21. The van der Waals surface area contributed by atoms with E-state index in [9.17, 15) is 0 Å². The van der Waals surface area contributed by atoms with E-state index < -0.39 is 0 Å². The monoisotopic (exact) mass is 205 g/mol. The number of nitrogens with zero attached hydrogens (tertiary/aromatic N) is 1. The smallest absolute Gasteiger partial charge is 0.109 e. The molecule has 0 amide bonds. The van der Waals surface area contributed by atoms with E-state index in [1.807, 2.05) is 7.05 Å². The van der Waals surface area contributed by atoms with Crippen LogP contribution in [0.4, 0.5) is 0 Å². The number of halogens is 1. The van der Waals surface area contributed by atoms with E-state index in [1.54, 1.807) is 0 Å². The van der Waals surface area contributed by atoms with Crippen LogP contribution in [0.25, 0.3) is 10.9 Å². The lowest BCUT2D eigenvalue weighted by molar-refractivity contribution is 0.905. The van der Waals surface area contributed by atoms with E-state index in [0.717, 1.165) is 5.15 Å². The number of rotatable bonds is 0. The highest BCUT2D eigenvalue weighted by molar-refractivity contribution is 6.31. The lowest BCUT2D eigenvalue weighted by Crippen LogP contribution is -1.92. The van der Waals surface area contributed by atoms with Crippen molar-refractivity contribution in [3.63, 3.8) is 0 Å². The van der Waals surface area contributed by atoms with Crippen molar-refractivity contribution in [2.24, 2.45) is 7.05 Å².